The molecule has 4 rings (SSSR count). The van der Waals surface area contributed by atoms with Crippen molar-refractivity contribution >= 4 is 24.0 Å². The molecule has 2 aliphatic carbocycles. The lowest BCUT2D eigenvalue weighted by atomic mass is 9.85. The summed E-state index contributed by atoms with van der Waals surface area (Å²) in [6.07, 6.45) is 5.72. The molecule has 0 radical (unpaired) electrons. The van der Waals surface area contributed by atoms with Crippen LogP contribution in [0.25, 0.3) is 0 Å². The van der Waals surface area contributed by atoms with Gasteiger partial charge in [-0.05, 0) is 49.8 Å². The van der Waals surface area contributed by atoms with E-state index in [9.17, 15) is 14.4 Å². The smallest absolute Gasteiger partial charge is 0.347 e. The van der Waals surface area contributed by atoms with Gasteiger partial charge in [0.15, 0.2) is 6.10 Å². The summed E-state index contributed by atoms with van der Waals surface area (Å²) in [5, 5.41) is 5.16. The number of rotatable bonds is 6. The molecule has 1 aliphatic heterocycles. The Balaban J connectivity index is 1.45. The number of amides is 2. The number of fused-ring (bicyclic) bond motifs is 5. The van der Waals surface area contributed by atoms with Gasteiger partial charge in [0.2, 0.25) is 0 Å². The Bertz CT molecular complexity index is 847. The minimum atomic E-state index is -0.740. The van der Waals surface area contributed by atoms with Crippen molar-refractivity contribution in [1.82, 2.24) is 5.01 Å². The van der Waals surface area contributed by atoms with Crippen LogP contribution in [0.2, 0.25) is 0 Å². The highest BCUT2D eigenvalue weighted by Crippen LogP contribution is 2.52. The first-order valence-corrected chi connectivity index (χ1v) is 9.53. The SMILES string of the molecule is CCOC(=O)[C@@H](C)Oc1cccc(C=NN2C(=O)[C@@H]3[C@H](C2=O)[C@H]2C=C[C@H]3C2)c1. The molecule has 7 heteroatoms. The molecule has 2 amide bonds. The van der Waals surface area contributed by atoms with Crippen molar-refractivity contribution < 1.29 is 23.9 Å². The maximum atomic E-state index is 12.6. The zero-order chi connectivity index (χ0) is 19.8. The number of hydrogen-bond donors (Lipinski definition) is 0. The maximum absolute atomic E-state index is 12.6. The van der Waals surface area contributed by atoms with Crippen LogP contribution in [0.5, 0.6) is 5.75 Å². The van der Waals surface area contributed by atoms with Crippen molar-refractivity contribution in [2.24, 2.45) is 28.8 Å². The highest BCUT2D eigenvalue weighted by Gasteiger charge is 2.59. The molecule has 0 unspecified atom stereocenters. The Labute approximate surface area is 163 Å². The highest BCUT2D eigenvalue weighted by atomic mass is 16.6. The molecule has 1 aromatic rings. The summed E-state index contributed by atoms with van der Waals surface area (Å²) < 4.78 is 10.5. The van der Waals surface area contributed by atoms with Gasteiger partial charge in [0.05, 0.1) is 24.7 Å². The fourth-order valence-corrected chi connectivity index (χ4v) is 4.30. The standard InChI is InChI=1S/C21H22N2O5/c1-3-27-21(26)12(2)28-16-6-4-5-13(9-16)11-22-23-19(24)17-14-7-8-15(10-14)18(17)20(23)25/h4-9,11-12,14-15,17-18H,3,10H2,1-2H3/t12-,14+,15+,17-,18+/m1/s1. The Morgan fingerprint density at radius 3 is 2.57 bits per heavy atom. The Morgan fingerprint density at radius 1 is 1.25 bits per heavy atom. The molecule has 1 aromatic carbocycles. The molecule has 3 aliphatic rings. The van der Waals surface area contributed by atoms with E-state index in [1.807, 2.05) is 0 Å². The van der Waals surface area contributed by atoms with Gasteiger partial charge < -0.3 is 9.47 Å². The minimum absolute atomic E-state index is 0.160. The lowest BCUT2D eigenvalue weighted by Gasteiger charge is -2.13. The molecule has 0 spiro atoms. The van der Waals surface area contributed by atoms with Crippen LogP contribution in [0.3, 0.4) is 0 Å². The highest BCUT2D eigenvalue weighted by molar-refractivity contribution is 6.06. The third-order valence-corrected chi connectivity index (χ3v) is 5.56. The first kappa shape index (κ1) is 18.4. The first-order valence-electron chi connectivity index (χ1n) is 9.53. The van der Waals surface area contributed by atoms with Gasteiger partial charge in [-0.1, -0.05) is 24.3 Å². The van der Waals surface area contributed by atoms with Crippen LogP contribution in [0.15, 0.2) is 41.5 Å². The number of nitrogens with zero attached hydrogens (tertiary/aromatic N) is 2. The summed E-state index contributed by atoms with van der Waals surface area (Å²) in [6.45, 7) is 3.63. The number of imide groups is 1. The number of carbonyl (C=O) groups is 3. The lowest BCUT2D eigenvalue weighted by molar-refractivity contribution is -0.150. The second-order valence-corrected chi connectivity index (χ2v) is 7.32. The van der Waals surface area contributed by atoms with Crippen LogP contribution >= 0.6 is 0 Å². The Kier molecular flexibility index (Phi) is 4.75. The summed E-state index contributed by atoms with van der Waals surface area (Å²) >= 11 is 0. The number of benzene rings is 1. The zero-order valence-corrected chi connectivity index (χ0v) is 15.8. The van der Waals surface area contributed by atoms with E-state index in [-0.39, 0.29) is 42.1 Å². The molecule has 5 atom stereocenters. The third-order valence-electron chi connectivity index (χ3n) is 5.56. The van der Waals surface area contributed by atoms with Crippen molar-refractivity contribution in [3.63, 3.8) is 0 Å². The molecule has 1 saturated carbocycles. The van der Waals surface area contributed by atoms with Crippen LogP contribution in [-0.2, 0) is 19.1 Å². The minimum Gasteiger partial charge on any atom is -0.479 e. The second kappa shape index (κ2) is 7.22. The third kappa shape index (κ3) is 3.10. The second-order valence-electron chi connectivity index (χ2n) is 7.32. The van der Waals surface area contributed by atoms with E-state index in [1.165, 1.54) is 6.21 Å². The van der Waals surface area contributed by atoms with E-state index >= 15 is 0 Å². The van der Waals surface area contributed by atoms with Gasteiger partial charge in [-0.3, -0.25) is 9.59 Å². The van der Waals surface area contributed by atoms with E-state index in [0.29, 0.717) is 11.3 Å². The van der Waals surface area contributed by atoms with Gasteiger partial charge in [-0.15, -0.1) is 0 Å². The molecule has 2 fully saturated rings. The predicted molar refractivity (Wildman–Crippen MR) is 100 cm³/mol. The monoisotopic (exact) mass is 382 g/mol. The normalized spacial score (nSPS) is 28.9. The van der Waals surface area contributed by atoms with Crippen molar-refractivity contribution in [3.8, 4) is 5.75 Å². The topological polar surface area (TPSA) is 85.3 Å². The van der Waals surface area contributed by atoms with Crippen molar-refractivity contribution in [1.29, 1.82) is 0 Å². The van der Waals surface area contributed by atoms with Crippen LogP contribution in [0, 0.1) is 23.7 Å². The first-order chi connectivity index (χ1) is 13.5. The molecular formula is C21H22N2O5. The number of allylic oxidation sites excluding steroid dienone is 2. The fraction of sp³-hybridized carbons (Fsp3) is 0.429. The van der Waals surface area contributed by atoms with Crippen LogP contribution in [-0.4, -0.2) is 41.7 Å². The lowest BCUT2D eigenvalue weighted by Crippen LogP contribution is -2.28. The quantitative estimate of drug-likeness (QED) is 0.326. The molecule has 1 heterocycles. The number of esters is 1. The van der Waals surface area contributed by atoms with Crippen molar-refractivity contribution in [3.05, 3.63) is 42.0 Å². The van der Waals surface area contributed by atoms with Crippen LogP contribution in [0.4, 0.5) is 0 Å². The van der Waals surface area contributed by atoms with Crippen molar-refractivity contribution in [2.75, 3.05) is 6.61 Å². The summed E-state index contributed by atoms with van der Waals surface area (Å²) in [6, 6.07) is 6.94. The van der Waals surface area contributed by atoms with E-state index in [2.05, 4.69) is 17.3 Å². The fourth-order valence-electron chi connectivity index (χ4n) is 4.30. The largest absolute Gasteiger partial charge is 0.479 e. The van der Waals surface area contributed by atoms with Gasteiger partial charge in [-0.25, -0.2) is 4.79 Å². The summed E-state index contributed by atoms with van der Waals surface area (Å²) in [4.78, 5) is 37.0. The molecular weight excluding hydrogens is 360 g/mol. The maximum Gasteiger partial charge on any atom is 0.347 e. The summed E-state index contributed by atoms with van der Waals surface area (Å²) in [5.74, 6) is -0.606. The molecule has 146 valence electrons. The summed E-state index contributed by atoms with van der Waals surface area (Å²) in [7, 11) is 0. The number of hydrazone groups is 1. The zero-order valence-electron chi connectivity index (χ0n) is 15.8. The summed E-state index contributed by atoms with van der Waals surface area (Å²) in [5.41, 5.74) is 0.660. The van der Waals surface area contributed by atoms with Crippen LogP contribution in [0.1, 0.15) is 25.8 Å². The average molecular weight is 382 g/mol. The molecule has 0 N–H and O–H groups in total. The Morgan fingerprint density at radius 2 is 1.93 bits per heavy atom. The van der Waals surface area contributed by atoms with Gasteiger partial charge in [0.25, 0.3) is 11.8 Å². The molecule has 7 nitrogen and oxygen atoms in total. The number of hydrogen-bond acceptors (Lipinski definition) is 6. The van der Waals surface area contributed by atoms with Crippen LogP contribution < -0.4 is 4.74 Å². The number of carbonyl (C=O) groups excluding carboxylic acids is 3. The van der Waals surface area contributed by atoms with Gasteiger partial charge in [0.1, 0.15) is 5.75 Å². The molecule has 2 bridgehead atoms. The van der Waals surface area contributed by atoms with Gasteiger partial charge in [-0.2, -0.15) is 10.1 Å². The van der Waals surface area contributed by atoms with Gasteiger partial charge in [0, 0.05) is 0 Å². The van der Waals surface area contributed by atoms with Gasteiger partial charge >= 0.3 is 5.97 Å². The average Bonchev–Trinajstić information content (AvgIpc) is 3.35. The van der Waals surface area contributed by atoms with E-state index in [4.69, 9.17) is 9.47 Å². The van der Waals surface area contributed by atoms with E-state index in [0.717, 1.165) is 11.4 Å². The Hall–Kier alpha value is -2.96. The van der Waals surface area contributed by atoms with E-state index < -0.39 is 12.1 Å². The molecule has 1 saturated heterocycles. The number of ether oxygens (including phenoxy) is 2. The predicted octanol–water partition coefficient (Wildman–Crippen LogP) is 2.16. The molecule has 28 heavy (non-hydrogen) atoms. The van der Waals surface area contributed by atoms with Crippen molar-refractivity contribution in [2.45, 2.75) is 26.4 Å². The molecule has 0 aromatic heterocycles. The van der Waals surface area contributed by atoms with E-state index in [1.54, 1.807) is 38.1 Å².